The van der Waals surface area contributed by atoms with Crippen molar-refractivity contribution in [2.24, 2.45) is 11.8 Å². The Balaban J connectivity index is 2.13. The number of nitrogens with one attached hydrogen (secondary N) is 1. The van der Waals surface area contributed by atoms with Gasteiger partial charge in [-0.15, -0.1) is 0 Å². The van der Waals surface area contributed by atoms with Gasteiger partial charge in [0.2, 0.25) is 5.91 Å². The lowest BCUT2D eigenvalue weighted by Gasteiger charge is -2.21. The Bertz CT molecular complexity index is 174. The van der Waals surface area contributed by atoms with Gasteiger partial charge in [-0.05, 0) is 25.2 Å². The molecule has 0 bridgehead atoms. The first-order chi connectivity index (χ1) is 6.70. The van der Waals surface area contributed by atoms with E-state index in [1.54, 1.807) is 0 Å². The Morgan fingerprint density at radius 2 is 2.07 bits per heavy atom. The van der Waals surface area contributed by atoms with Crippen molar-refractivity contribution in [3.05, 3.63) is 0 Å². The van der Waals surface area contributed by atoms with Gasteiger partial charge in [-0.1, -0.05) is 13.8 Å². The summed E-state index contributed by atoms with van der Waals surface area (Å²) in [6.45, 7) is 6.62. The topological polar surface area (TPSA) is 38.3 Å². The summed E-state index contributed by atoms with van der Waals surface area (Å²) in [5, 5.41) is 2.99. The number of carbonyl (C=O) groups excluding carboxylic acids is 1. The molecule has 0 saturated carbocycles. The molecule has 3 heteroatoms. The molecule has 1 rings (SSSR count). The first kappa shape index (κ1) is 11.5. The van der Waals surface area contributed by atoms with E-state index in [1.807, 2.05) is 0 Å². The number of hydrogen-bond donors (Lipinski definition) is 1. The van der Waals surface area contributed by atoms with Crippen LogP contribution in [0.25, 0.3) is 0 Å². The highest BCUT2D eigenvalue weighted by molar-refractivity contribution is 5.78. The Hall–Kier alpha value is -0.570. The molecular formula is C11H21NO2. The smallest absolute Gasteiger partial charge is 0.223 e. The zero-order valence-electron chi connectivity index (χ0n) is 9.21. The molecule has 0 radical (unpaired) electrons. The minimum absolute atomic E-state index is 0.191. The molecule has 1 heterocycles. The molecule has 0 aliphatic carbocycles. The van der Waals surface area contributed by atoms with E-state index >= 15 is 0 Å². The molecule has 14 heavy (non-hydrogen) atoms. The largest absolute Gasteiger partial charge is 0.381 e. The minimum Gasteiger partial charge on any atom is -0.381 e. The first-order valence-electron chi connectivity index (χ1n) is 5.55. The molecule has 0 aromatic carbocycles. The fourth-order valence-corrected chi connectivity index (χ4v) is 1.59. The van der Waals surface area contributed by atoms with Gasteiger partial charge in [0.25, 0.3) is 0 Å². The molecule has 0 aromatic rings. The van der Waals surface area contributed by atoms with E-state index in [0.717, 1.165) is 39.0 Å². The third-order valence-corrected chi connectivity index (χ3v) is 2.61. The van der Waals surface area contributed by atoms with Crippen LogP contribution in [0.1, 0.15) is 33.1 Å². The van der Waals surface area contributed by atoms with E-state index in [4.69, 9.17) is 4.74 Å². The fourth-order valence-electron chi connectivity index (χ4n) is 1.59. The van der Waals surface area contributed by atoms with Crippen LogP contribution in [0.3, 0.4) is 0 Å². The van der Waals surface area contributed by atoms with Crippen molar-refractivity contribution >= 4 is 5.91 Å². The average Bonchev–Trinajstić information content (AvgIpc) is 2.18. The Labute approximate surface area is 86.2 Å². The molecule has 0 aromatic heterocycles. The SMILES string of the molecule is CC(C)CCNC(=O)C1CCOCC1. The Morgan fingerprint density at radius 1 is 1.43 bits per heavy atom. The van der Waals surface area contributed by atoms with Gasteiger partial charge in [-0.2, -0.15) is 0 Å². The zero-order chi connectivity index (χ0) is 10.4. The second-order valence-electron chi connectivity index (χ2n) is 4.36. The van der Waals surface area contributed by atoms with Crippen LogP contribution in [-0.4, -0.2) is 25.7 Å². The van der Waals surface area contributed by atoms with E-state index in [9.17, 15) is 4.79 Å². The van der Waals surface area contributed by atoms with Crippen molar-refractivity contribution in [3.63, 3.8) is 0 Å². The first-order valence-corrected chi connectivity index (χ1v) is 5.55. The van der Waals surface area contributed by atoms with Crippen LogP contribution in [0.15, 0.2) is 0 Å². The van der Waals surface area contributed by atoms with Gasteiger partial charge in [0, 0.05) is 25.7 Å². The lowest BCUT2D eigenvalue weighted by atomic mass is 9.99. The third kappa shape index (κ3) is 4.09. The highest BCUT2D eigenvalue weighted by atomic mass is 16.5. The maximum atomic E-state index is 11.6. The maximum Gasteiger partial charge on any atom is 0.223 e. The molecule has 0 spiro atoms. The molecule has 82 valence electrons. The number of carbonyl (C=O) groups is 1. The Morgan fingerprint density at radius 3 is 2.64 bits per heavy atom. The molecule has 1 amide bonds. The summed E-state index contributed by atoms with van der Waals surface area (Å²) in [6.07, 6.45) is 2.83. The van der Waals surface area contributed by atoms with Gasteiger partial charge in [0.1, 0.15) is 0 Å². The van der Waals surface area contributed by atoms with Crippen LogP contribution in [0.4, 0.5) is 0 Å². The quantitative estimate of drug-likeness (QED) is 0.746. The maximum absolute atomic E-state index is 11.6. The molecule has 0 atom stereocenters. The van der Waals surface area contributed by atoms with Crippen molar-refractivity contribution in [2.45, 2.75) is 33.1 Å². The Kier molecular flexibility index (Phi) is 4.94. The van der Waals surface area contributed by atoms with Crippen LogP contribution >= 0.6 is 0 Å². The van der Waals surface area contributed by atoms with E-state index in [1.165, 1.54) is 0 Å². The lowest BCUT2D eigenvalue weighted by Crippen LogP contribution is -2.35. The van der Waals surface area contributed by atoms with E-state index < -0.39 is 0 Å². The summed E-state index contributed by atoms with van der Waals surface area (Å²) in [5.41, 5.74) is 0. The number of amides is 1. The monoisotopic (exact) mass is 199 g/mol. The van der Waals surface area contributed by atoms with Crippen LogP contribution in [0, 0.1) is 11.8 Å². The van der Waals surface area contributed by atoms with E-state index in [2.05, 4.69) is 19.2 Å². The van der Waals surface area contributed by atoms with Crippen molar-refractivity contribution in [2.75, 3.05) is 19.8 Å². The normalized spacial score (nSPS) is 18.5. The number of hydrogen-bond acceptors (Lipinski definition) is 2. The number of rotatable bonds is 4. The summed E-state index contributed by atoms with van der Waals surface area (Å²) < 4.78 is 5.21. The van der Waals surface area contributed by atoms with E-state index in [0.29, 0.717) is 5.92 Å². The minimum atomic E-state index is 0.191. The van der Waals surface area contributed by atoms with Gasteiger partial charge in [-0.3, -0.25) is 4.79 Å². The van der Waals surface area contributed by atoms with Crippen LogP contribution in [0.5, 0.6) is 0 Å². The molecule has 1 aliphatic heterocycles. The van der Waals surface area contributed by atoms with Gasteiger partial charge in [0.05, 0.1) is 0 Å². The molecular weight excluding hydrogens is 178 g/mol. The molecule has 0 unspecified atom stereocenters. The standard InChI is InChI=1S/C11H21NO2/c1-9(2)3-6-12-11(13)10-4-7-14-8-5-10/h9-10H,3-8H2,1-2H3,(H,12,13). The molecule has 1 N–H and O–H groups in total. The van der Waals surface area contributed by atoms with Gasteiger partial charge < -0.3 is 10.1 Å². The van der Waals surface area contributed by atoms with Crippen molar-refractivity contribution in [3.8, 4) is 0 Å². The third-order valence-electron chi connectivity index (χ3n) is 2.61. The summed E-state index contributed by atoms with van der Waals surface area (Å²) in [7, 11) is 0. The van der Waals surface area contributed by atoms with Gasteiger partial charge >= 0.3 is 0 Å². The van der Waals surface area contributed by atoms with Crippen molar-refractivity contribution in [1.29, 1.82) is 0 Å². The fraction of sp³-hybridized carbons (Fsp3) is 0.909. The second kappa shape index (κ2) is 6.02. The highest BCUT2D eigenvalue weighted by Crippen LogP contribution is 2.14. The van der Waals surface area contributed by atoms with E-state index in [-0.39, 0.29) is 11.8 Å². The average molecular weight is 199 g/mol. The summed E-state index contributed by atoms with van der Waals surface area (Å²) >= 11 is 0. The number of ether oxygens (including phenoxy) is 1. The molecule has 1 fully saturated rings. The molecule has 1 aliphatic rings. The summed E-state index contributed by atoms with van der Waals surface area (Å²) in [6, 6.07) is 0. The van der Waals surface area contributed by atoms with Gasteiger partial charge in [-0.25, -0.2) is 0 Å². The highest BCUT2D eigenvalue weighted by Gasteiger charge is 2.20. The molecule has 1 saturated heterocycles. The van der Waals surface area contributed by atoms with Gasteiger partial charge in [0.15, 0.2) is 0 Å². The second-order valence-corrected chi connectivity index (χ2v) is 4.36. The molecule has 3 nitrogen and oxygen atoms in total. The van der Waals surface area contributed by atoms with Crippen molar-refractivity contribution in [1.82, 2.24) is 5.32 Å². The van der Waals surface area contributed by atoms with Crippen LogP contribution < -0.4 is 5.32 Å². The zero-order valence-corrected chi connectivity index (χ0v) is 9.21. The van der Waals surface area contributed by atoms with Crippen molar-refractivity contribution < 1.29 is 9.53 Å². The predicted octanol–water partition coefficient (Wildman–Crippen LogP) is 1.58. The lowest BCUT2D eigenvalue weighted by molar-refractivity contribution is -0.127. The van der Waals surface area contributed by atoms with Crippen LogP contribution in [0.2, 0.25) is 0 Å². The van der Waals surface area contributed by atoms with Crippen LogP contribution in [-0.2, 0) is 9.53 Å². The summed E-state index contributed by atoms with van der Waals surface area (Å²) in [5.74, 6) is 1.06. The summed E-state index contributed by atoms with van der Waals surface area (Å²) in [4.78, 5) is 11.6. The predicted molar refractivity (Wildman–Crippen MR) is 56.0 cm³/mol.